The van der Waals surface area contributed by atoms with Gasteiger partial charge in [0.15, 0.2) is 11.6 Å². The molecule has 0 amide bonds. The van der Waals surface area contributed by atoms with Crippen LogP contribution >= 0.6 is 0 Å². The van der Waals surface area contributed by atoms with Crippen LogP contribution in [-0.4, -0.2) is 14.8 Å². The van der Waals surface area contributed by atoms with Crippen LogP contribution in [0.3, 0.4) is 0 Å². The summed E-state index contributed by atoms with van der Waals surface area (Å²) in [5.41, 5.74) is 8.49. The number of hydrogen-bond donors (Lipinski definition) is 0. The number of rotatable bonds is 5. The Kier molecular flexibility index (Phi) is 5.77. The minimum atomic E-state index is 0.380. The quantitative estimate of drug-likeness (QED) is 0.342. The molecule has 4 aromatic rings. The zero-order chi connectivity index (χ0) is 22.1. The molecule has 3 aromatic carbocycles. The standard InChI is InChI=1S/C28H31N3/c1-18(2)23-16-11-17-24(19(3)4)26(23)31-27(22-14-8-7-9-15-22)29-30-28(31)25-20(5)12-10-13-21(25)6/h7-19H,1-6H3. The number of hydrogen-bond acceptors (Lipinski definition) is 2. The van der Waals surface area contributed by atoms with Crippen LogP contribution < -0.4 is 0 Å². The minimum absolute atomic E-state index is 0.380. The molecule has 4 rings (SSSR count). The summed E-state index contributed by atoms with van der Waals surface area (Å²) in [5, 5.41) is 9.51. The zero-order valence-electron chi connectivity index (χ0n) is 19.3. The third-order valence-corrected chi connectivity index (χ3v) is 5.97. The van der Waals surface area contributed by atoms with Crippen molar-refractivity contribution in [2.75, 3.05) is 0 Å². The number of para-hydroxylation sites is 1. The third kappa shape index (κ3) is 3.81. The summed E-state index contributed by atoms with van der Waals surface area (Å²) in [6.45, 7) is 13.3. The summed E-state index contributed by atoms with van der Waals surface area (Å²) in [5.74, 6) is 2.55. The van der Waals surface area contributed by atoms with Crippen molar-refractivity contribution >= 4 is 0 Å². The Morgan fingerprint density at radius 1 is 0.613 bits per heavy atom. The number of aromatic nitrogens is 3. The molecule has 1 aromatic heterocycles. The average Bonchev–Trinajstić information content (AvgIpc) is 3.17. The molecule has 0 radical (unpaired) electrons. The van der Waals surface area contributed by atoms with Crippen LogP contribution in [0.25, 0.3) is 28.5 Å². The monoisotopic (exact) mass is 409 g/mol. The largest absolute Gasteiger partial charge is 0.274 e. The first kappa shape index (κ1) is 21.0. The fourth-order valence-corrected chi connectivity index (χ4v) is 4.37. The van der Waals surface area contributed by atoms with Crippen LogP contribution in [0.2, 0.25) is 0 Å². The molecule has 3 nitrogen and oxygen atoms in total. The highest BCUT2D eigenvalue weighted by atomic mass is 15.3. The van der Waals surface area contributed by atoms with E-state index in [2.05, 4.69) is 107 Å². The second-order valence-electron chi connectivity index (χ2n) is 8.91. The van der Waals surface area contributed by atoms with Crippen LogP contribution in [0.4, 0.5) is 0 Å². The molecule has 0 unspecified atom stereocenters. The lowest BCUT2D eigenvalue weighted by atomic mass is 9.92. The topological polar surface area (TPSA) is 30.7 Å². The molecule has 158 valence electrons. The van der Waals surface area contributed by atoms with E-state index in [4.69, 9.17) is 10.2 Å². The van der Waals surface area contributed by atoms with Gasteiger partial charge in [-0.15, -0.1) is 10.2 Å². The van der Waals surface area contributed by atoms with Gasteiger partial charge in [0.05, 0.1) is 5.69 Å². The van der Waals surface area contributed by atoms with Crippen LogP contribution in [-0.2, 0) is 0 Å². The Hall–Kier alpha value is -3.20. The molecule has 0 saturated heterocycles. The first-order valence-corrected chi connectivity index (χ1v) is 11.1. The van der Waals surface area contributed by atoms with Crippen molar-refractivity contribution in [3.05, 3.63) is 89.0 Å². The maximum absolute atomic E-state index is 4.77. The van der Waals surface area contributed by atoms with Crippen molar-refractivity contribution < 1.29 is 0 Å². The van der Waals surface area contributed by atoms with Gasteiger partial charge in [-0.1, -0.05) is 94.4 Å². The summed E-state index contributed by atoms with van der Waals surface area (Å²) in [6, 6.07) is 23.5. The average molecular weight is 410 g/mol. The van der Waals surface area contributed by atoms with Crippen molar-refractivity contribution in [2.45, 2.75) is 53.4 Å². The Balaban J connectivity index is 2.15. The van der Waals surface area contributed by atoms with E-state index in [0.29, 0.717) is 11.8 Å². The predicted molar refractivity (Wildman–Crippen MR) is 130 cm³/mol. The van der Waals surface area contributed by atoms with Crippen molar-refractivity contribution in [3.63, 3.8) is 0 Å². The fourth-order valence-electron chi connectivity index (χ4n) is 4.37. The van der Waals surface area contributed by atoms with E-state index in [1.165, 1.54) is 27.9 Å². The minimum Gasteiger partial charge on any atom is -0.274 e. The summed E-state index contributed by atoms with van der Waals surface area (Å²) >= 11 is 0. The number of benzene rings is 3. The van der Waals surface area contributed by atoms with Crippen molar-refractivity contribution in [2.24, 2.45) is 0 Å². The lowest BCUT2D eigenvalue weighted by Crippen LogP contribution is -2.10. The van der Waals surface area contributed by atoms with Gasteiger partial charge in [-0.05, 0) is 47.9 Å². The molecular weight excluding hydrogens is 378 g/mol. The smallest absolute Gasteiger partial charge is 0.169 e. The van der Waals surface area contributed by atoms with Crippen molar-refractivity contribution in [1.29, 1.82) is 0 Å². The summed E-state index contributed by atoms with van der Waals surface area (Å²) in [7, 11) is 0. The fraction of sp³-hybridized carbons (Fsp3) is 0.286. The summed E-state index contributed by atoms with van der Waals surface area (Å²) in [4.78, 5) is 0. The van der Waals surface area contributed by atoms with E-state index in [0.717, 1.165) is 22.8 Å². The van der Waals surface area contributed by atoms with E-state index in [9.17, 15) is 0 Å². The summed E-state index contributed by atoms with van der Waals surface area (Å²) in [6.07, 6.45) is 0. The SMILES string of the molecule is Cc1cccc(C)c1-c1nnc(-c2ccccc2)n1-c1c(C(C)C)cccc1C(C)C. The Labute approximate surface area is 185 Å². The lowest BCUT2D eigenvalue weighted by molar-refractivity contribution is 0.807. The van der Waals surface area contributed by atoms with E-state index in [1.54, 1.807) is 0 Å². The normalized spacial score (nSPS) is 11.5. The second-order valence-corrected chi connectivity index (χ2v) is 8.91. The maximum atomic E-state index is 4.77. The highest BCUT2D eigenvalue weighted by molar-refractivity contribution is 5.72. The van der Waals surface area contributed by atoms with E-state index < -0.39 is 0 Å². The van der Waals surface area contributed by atoms with Gasteiger partial charge in [0.2, 0.25) is 0 Å². The van der Waals surface area contributed by atoms with E-state index in [1.807, 2.05) is 6.07 Å². The molecule has 0 spiro atoms. The highest BCUT2D eigenvalue weighted by Crippen LogP contribution is 2.38. The van der Waals surface area contributed by atoms with Crippen LogP contribution in [0, 0.1) is 13.8 Å². The Bertz CT molecular complexity index is 1150. The molecule has 0 saturated carbocycles. The molecule has 0 aliphatic carbocycles. The zero-order valence-corrected chi connectivity index (χ0v) is 19.3. The second kappa shape index (κ2) is 8.50. The van der Waals surface area contributed by atoms with Gasteiger partial charge in [-0.25, -0.2) is 0 Å². The van der Waals surface area contributed by atoms with Crippen LogP contribution in [0.5, 0.6) is 0 Å². The highest BCUT2D eigenvalue weighted by Gasteiger charge is 2.25. The van der Waals surface area contributed by atoms with E-state index in [-0.39, 0.29) is 0 Å². The van der Waals surface area contributed by atoms with Gasteiger partial charge in [-0.2, -0.15) is 0 Å². The molecule has 0 aliphatic rings. The van der Waals surface area contributed by atoms with Gasteiger partial charge in [-0.3, -0.25) is 4.57 Å². The van der Waals surface area contributed by atoms with Crippen molar-refractivity contribution in [3.8, 4) is 28.5 Å². The molecule has 0 fully saturated rings. The van der Waals surface area contributed by atoms with Gasteiger partial charge >= 0.3 is 0 Å². The molecule has 31 heavy (non-hydrogen) atoms. The van der Waals surface area contributed by atoms with Gasteiger partial charge in [0.25, 0.3) is 0 Å². The summed E-state index contributed by atoms with van der Waals surface area (Å²) < 4.78 is 2.30. The molecule has 0 atom stereocenters. The molecule has 0 N–H and O–H groups in total. The first-order valence-electron chi connectivity index (χ1n) is 11.1. The molecule has 1 heterocycles. The number of nitrogens with zero attached hydrogens (tertiary/aromatic N) is 3. The third-order valence-electron chi connectivity index (χ3n) is 5.97. The first-order chi connectivity index (χ1) is 14.9. The molecular formula is C28H31N3. The van der Waals surface area contributed by atoms with E-state index >= 15 is 0 Å². The van der Waals surface area contributed by atoms with Gasteiger partial charge in [0, 0.05) is 11.1 Å². The number of aryl methyl sites for hydroxylation is 2. The predicted octanol–water partition coefficient (Wildman–Crippen LogP) is 7.46. The Morgan fingerprint density at radius 3 is 1.68 bits per heavy atom. The molecule has 3 heteroatoms. The molecule has 0 bridgehead atoms. The van der Waals surface area contributed by atoms with Gasteiger partial charge < -0.3 is 0 Å². The van der Waals surface area contributed by atoms with Crippen molar-refractivity contribution in [1.82, 2.24) is 14.8 Å². The van der Waals surface area contributed by atoms with Gasteiger partial charge in [0.1, 0.15) is 0 Å². The lowest BCUT2D eigenvalue weighted by Gasteiger charge is -2.23. The molecule has 0 aliphatic heterocycles. The Morgan fingerprint density at radius 2 is 1.13 bits per heavy atom. The van der Waals surface area contributed by atoms with Crippen LogP contribution in [0.1, 0.15) is 61.8 Å². The maximum Gasteiger partial charge on any atom is 0.169 e. The van der Waals surface area contributed by atoms with Crippen LogP contribution in [0.15, 0.2) is 66.7 Å².